The van der Waals surface area contributed by atoms with Crippen LogP contribution >= 0.6 is 0 Å². The van der Waals surface area contributed by atoms with Crippen molar-refractivity contribution in [3.63, 3.8) is 0 Å². The fraction of sp³-hybridized carbons (Fsp3) is 0.412. The lowest BCUT2D eigenvalue weighted by Gasteiger charge is -2.21. The summed E-state index contributed by atoms with van der Waals surface area (Å²) in [4.78, 5) is 24.1. The molecule has 1 aromatic carbocycles. The van der Waals surface area contributed by atoms with E-state index in [4.69, 9.17) is 14.2 Å². The predicted molar refractivity (Wildman–Crippen MR) is 84.1 cm³/mol. The number of ether oxygens (including phenoxy) is 4. The van der Waals surface area contributed by atoms with Crippen molar-refractivity contribution in [2.45, 2.75) is 33.3 Å². The van der Waals surface area contributed by atoms with Crippen LogP contribution in [0.5, 0.6) is 5.75 Å². The Morgan fingerprint density at radius 2 is 1.78 bits per heavy atom. The van der Waals surface area contributed by atoms with E-state index >= 15 is 0 Å². The number of benzene rings is 1. The molecule has 0 atom stereocenters. The highest BCUT2D eigenvalue weighted by atomic mass is 16.6. The topological polar surface area (TPSA) is 71.1 Å². The molecule has 0 saturated heterocycles. The van der Waals surface area contributed by atoms with Gasteiger partial charge in [0.2, 0.25) is 5.76 Å². The zero-order valence-corrected chi connectivity index (χ0v) is 14.3. The molecule has 0 aliphatic heterocycles. The van der Waals surface area contributed by atoms with Gasteiger partial charge in [0.1, 0.15) is 23.2 Å². The Balaban J connectivity index is 3.22. The number of carbonyl (C=O) groups excluding carboxylic acids is 2. The Hall–Kier alpha value is -2.50. The highest BCUT2D eigenvalue weighted by Gasteiger charge is 2.24. The molecule has 23 heavy (non-hydrogen) atoms. The minimum atomic E-state index is -0.719. The summed E-state index contributed by atoms with van der Waals surface area (Å²) < 4.78 is 20.3. The van der Waals surface area contributed by atoms with Crippen LogP contribution in [0.2, 0.25) is 0 Å². The fourth-order valence-corrected chi connectivity index (χ4v) is 1.76. The second kappa shape index (κ2) is 7.67. The number of rotatable bonds is 5. The van der Waals surface area contributed by atoms with Crippen LogP contribution in [0.15, 0.2) is 30.2 Å². The van der Waals surface area contributed by atoms with Gasteiger partial charge in [-0.2, -0.15) is 0 Å². The molecule has 6 nitrogen and oxygen atoms in total. The highest BCUT2D eigenvalue weighted by Crippen LogP contribution is 2.27. The first-order valence-corrected chi connectivity index (χ1v) is 7.01. The van der Waals surface area contributed by atoms with Crippen LogP contribution in [-0.4, -0.2) is 31.8 Å². The van der Waals surface area contributed by atoms with Crippen molar-refractivity contribution in [3.05, 3.63) is 41.3 Å². The molecule has 1 aromatic rings. The maximum Gasteiger partial charge on any atom is 0.377 e. The second-order valence-corrected chi connectivity index (χ2v) is 5.76. The van der Waals surface area contributed by atoms with E-state index in [1.165, 1.54) is 14.2 Å². The van der Waals surface area contributed by atoms with Gasteiger partial charge >= 0.3 is 11.9 Å². The summed E-state index contributed by atoms with van der Waals surface area (Å²) in [6, 6.07) is 5.03. The van der Waals surface area contributed by atoms with Gasteiger partial charge in [0.05, 0.1) is 14.2 Å². The third-order valence-electron chi connectivity index (χ3n) is 2.67. The standard InChI is InChI=1S/C17H22O6/c1-11-8-7-9-12(14(11)16(19)23-17(2,3)4)22-13(10-20-5)15(18)21-6/h7-10H,1-6H3. The van der Waals surface area contributed by atoms with E-state index in [1.54, 1.807) is 45.9 Å². The molecular formula is C17H22O6. The van der Waals surface area contributed by atoms with Gasteiger partial charge in [0.15, 0.2) is 0 Å². The molecule has 0 N–H and O–H groups in total. The molecule has 0 aromatic heterocycles. The van der Waals surface area contributed by atoms with Gasteiger partial charge < -0.3 is 18.9 Å². The normalized spacial score (nSPS) is 11.7. The Kier molecular flexibility index (Phi) is 6.18. The SMILES string of the molecule is COC=C(Oc1cccc(C)c1C(=O)OC(C)(C)C)C(=O)OC. The van der Waals surface area contributed by atoms with Crippen molar-refractivity contribution in [3.8, 4) is 5.75 Å². The molecule has 1 rings (SSSR count). The van der Waals surface area contributed by atoms with Crippen LogP contribution in [0, 0.1) is 6.92 Å². The summed E-state index contributed by atoms with van der Waals surface area (Å²) in [7, 11) is 2.59. The van der Waals surface area contributed by atoms with E-state index in [0.29, 0.717) is 5.56 Å². The molecule has 0 aliphatic carbocycles. The maximum atomic E-state index is 12.4. The van der Waals surface area contributed by atoms with Crippen LogP contribution in [0.1, 0.15) is 36.7 Å². The Morgan fingerprint density at radius 1 is 1.13 bits per heavy atom. The van der Waals surface area contributed by atoms with Crippen LogP contribution < -0.4 is 4.74 Å². The van der Waals surface area contributed by atoms with Crippen molar-refractivity contribution >= 4 is 11.9 Å². The van der Waals surface area contributed by atoms with Gasteiger partial charge in [0, 0.05) is 0 Å². The monoisotopic (exact) mass is 322 g/mol. The number of methoxy groups -OCH3 is 2. The Morgan fingerprint density at radius 3 is 2.30 bits per heavy atom. The second-order valence-electron chi connectivity index (χ2n) is 5.76. The van der Waals surface area contributed by atoms with Gasteiger partial charge in [0.25, 0.3) is 0 Å². The summed E-state index contributed by atoms with van der Waals surface area (Å²) in [6.07, 6.45) is 1.10. The molecule has 0 spiro atoms. The summed E-state index contributed by atoms with van der Waals surface area (Å²) in [6.45, 7) is 7.07. The van der Waals surface area contributed by atoms with Crippen molar-refractivity contribution in [2.24, 2.45) is 0 Å². The lowest BCUT2D eigenvalue weighted by atomic mass is 10.1. The van der Waals surface area contributed by atoms with Gasteiger partial charge in [-0.3, -0.25) is 0 Å². The molecule has 0 aliphatic rings. The van der Waals surface area contributed by atoms with E-state index in [9.17, 15) is 9.59 Å². The zero-order valence-electron chi connectivity index (χ0n) is 14.3. The Labute approximate surface area is 136 Å². The zero-order chi connectivity index (χ0) is 17.6. The number of aryl methyl sites for hydroxylation is 1. The molecule has 6 heteroatoms. The van der Waals surface area contributed by atoms with E-state index in [-0.39, 0.29) is 17.1 Å². The molecule has 0 amide bonds. The maximum absolute atomic E-state index is 12.4. The average molecular weight is 322 g/mol. The van der Waals surface area contributed by atoms with Gasteiger partial charge in [-0.15, -0.1) is 0 Å². The molecule has 0 radical (unpaired) electrons. The van der Waals surface area contributed by atoms with Crippen LogP contribution in [-0.2, 0) is 19.0 Å². The molecule has 0 bridgehead atoms. The van der Waals surface area contributed by atoms with Crippen LogP contribution in [0.25, 0.3) is 0 Å². The third kappa shape index (κ3) is 5.32. The van der Waals surface area contributed by atoms with E-state index in [2.05, 4.69) is 4.74 Å². The minimum absolute atomic E-state index is 0.176. The van der Waals surface area contributed by atoms with Gasteiger partial charge in [-0.1, -0.05) is 12.1 Å². The number of esters is 2. The minimum Gasteiger partial charge on any atom is -0.500 e. The lowest BCUT2D eigenvalue weighted by Crippen LogP contribution is -2.25. The van der Waals surface area contributed by atoms with Crippen molar-refractivity contribution in [1.29, 1.82) is 0 Å². The largest absolute Gasteiger partial charge is 0.500 e. The fourth-order valence-electron chi connectivity index (χ4n) is 1.76. The first-order valence-electron chi connectivity index (χ1n) is 7.01. The first kappa shape index (κ1) is 18.5. The third-order valence-corrected chi connectivity index (χ3v) is 2.67. The summed E-state index contributed by atoms with van der Waals surface area (Å²) in [5.41, 5.74) is 0.260. The van der Waals surface area contributed by atoms with Gasteiger partial charge in [-0.25, -0.2) is 9.59 Å². The molecule has 0 heterocycles. The molecule has 0 fully saturated rings. The quantitative estimate of drug-likeness (QED) is 0.471. The molecule has 126 valence electrons. The summed E-state index contributed by atoms with van der Waals surface area (Å²) in [5, 5.41) is 0. The first-order chi connectivity index (χ1) is 10.7. The summed E-state index contributed by atoms with van der Waals surface area (Å²) in [5.74, 6) is -1.24. The van der Waals surface area contributed by atoms with Gasteiger partial charge in [-0.05, 0) is 39.3 Å². The Bertz CT molecular complexity index is 610. The lowest BCUT2D eigenvalue weighted by molar-refractivity contribution is -0.138. The molecule has 0 unspecified atom stereocenters. The van der Waals surface area contributed by atoms with E-state index in [0.717, 1.165) is 6.26 Å². The van der Waals surface area contributed by atoms with Crippen LogP contribution in [0.3, 0.4) is 0 Å². The average Bonchev–Trinajstić information content (AvgIpc) is 2.44. The number of hydrogen-bond acceptors (Lipinski definition) is 6. The van der Waals surface area contributed by atoms with Crippen LogP contribution in [0.4, 0.5) is 0 Å². The van der Waals surface area contributed by atoms with Crippen molar-refractivity contribution in [2.75, 3.05) is 14.2 Å². The molecule has 0 saturated carbocycles. The summed E-state index contributed by atoms with van der Waals surface area (Å²) >= 11 is 0. The van der Waals surface area contributed by atoms with Crippen molar-refractivity contribution < 1.29 is 28.5 Å². The van der Waals surface area contributed by atoms with E-state index < -0.39 is 17.5 Å². The smallest absolute Gasteiger partial charge is 0.377 e. The highest BCUT2D eigenvalue weighted by molar-refractivity contribution is 5.95. The number of hydrogen-bond donors (Lipinski definition) is 0. The molecular weight excluding hydrogens is 300 g/mol. The number of carbonyl (C=O) groups is 2. The predicted octanol–water partition coefficient (Wildman–Crippen LogP) is 2.99. The van der Waals surface area contributed by atoms with Crippen molar-refractivity contribution in [1.82, 2.24) is 0 Å². The van der Waals surface area contributed by atoms with E-state index in [1.807, 2.05) is 0 Å².